The van der Waals surface area contributed by atoms with Crippen molar-refractivity contribution in [1.29, 1.82) is 0 Å². The van der Waals surface area contributed by atoms with E-state index in [9.17, 15) is 19.2 Å². The molecule has 0 radical (unpaired) electrons. The number of anilines is 1. The Bertz CT molecular complexity index is 1400. The number of fused-ring (bicyclic) bond motifs is 3. The Kier molecular flexibility index (Phi) is 9.46. The maximum atomic E-state index is 13.4. The minimum Gasteiger partial charge on any atom is -0.460 e. The fraction of sp³-hybridized carbons (Fsp3) is 0.548. The van der Waals surface area contributed by atoms with Crippen LogP contribution in [0.5, 0.6) is 5.75 Å². The number of hydrogen-bond donors (Lipinski definition) is 0. The average Bonchev–Trinajstić information content (AvgIpc) is 3.27. The zero-order chi connectivity index (χ0) is 31.8. The summed E-state index contributed by atoms with van der Waals surface area (Å²) >= 11 is 6.65. The summed E-state index contributed by atoms with van der Waals surface area (Å²) in [5.41, 5.74) is 0.701. The molecular weight excluding hydrogens is 582 g/mol. The van der Waals surface area contributed by atoms with Gasteiger partial charge in [0.1, 0.15) is 11.4 Å². The molecule has 1 amide bonds. The second kappa shape index (κ2) is 12.6. The molecule has 4 rings (SSSR count). The van der Waals surface area contributed by atoms with E-state index < -0.39 is 60.3 Å². The van der Waals surface area contributed by atoms with Crippen molar-refractivity contribution in [1.82, 2.24) is 0 Å². The number of nitrogens with zero attached hydrogens (tertiary/aromatic N) is 1. The van der Waals surface area contributed by atoms with Crippen molar-refractivity contribution in [3.63, 3.8) is 0 Å². The lowest BCUT2D eigenvalue weighted by molar-refractivity contribution is -0.280. The fourth-order valence-corrected chi connectivity index (χ4v) is 5.71. The number of carbonyl (C=O) groups excluding carboxylic acids is 4. The molecule has 0 spiro atoms. The highest BCUT2D eigenvalue weighted by Crippen LogP contribution is 2.48. The van der Waals surface area contributed by atoms with Gasteiger partial charge in [-0.1, -0.05) is 24.3 Å². The molecule has 2 heterocycles. The Labute approximate surface area is 255 Å². The van der Waals surface area contributed by atoms with E-state index in [-0.39, 0.29) is 11.3 Å². The Morgan fingerprint density at radius 1 is 0.930 bits per heavy atom. The van der Waals surface area contributed by atoms with Crippen molar-refractivity contribution in [3.05, 3.63) is 35.9 Å². The van der Waals surface area contributed by atoms with Crippen LogP contribution in [0.4, 0.5) is 10.5 Å². The van der Waals surface area contributed by atoms with Crippen LogP contribution in [0.1, 0.15) is 66.9 Å². The molecule has 0 N–H and O–H groups in total. The van der Waals surface area contributed by atoms with Gasteiger partial charge in [0.15, 0.2) is 12.2 Å². The van der Waals surface area contributed by atoms with Gasteiger partial charge in [-0.2, -0.15) is 0 Å². The molecule has 0 bridgehead atoms. The molecule has 0 unspecified atom stereocenters. The van der Waals surface area contributed by atoms with Crippen molar-refractivity contribution >= 4 is 52.1 Å². The molecule has 12 heteroatoms. The molecule has 2 aliphatic rings. The summed E-state index contributed by atoms with van der Waals surface area (Å²) in [6, 6.07) is 9.19. The lowest BCUT2D eigenvalue weighted by Crippen LogP contribution is -2.62. The maximum Gasteiger partial charge on any atom is 0.414 e. The van der Waals surface area contributed by atoms with Crippen LogP contribution in [0.25, 0.3) is 10.8 Å². The molecular formula is C31H38ClNO10. The van der Waals surface area contributed by atoms with E-state index >= 15 is 0 Å². The molecule has 2 aliphatic heterocycles. The van der Waals surface area contributed by atoms with E-state index in [0.29, 0.717) is 23.4 Å². The van der Waals surface area contributed by atoms with Gasteiger partial charge in [-0.15, -0.1) is 11.6 Å². The van der Waals surface area contributed by atoms with Crippen LogP contribution in [0.2, 0.25) is 0 Å². The van der Waals surface area contributed by atoms with Gasteiger partial charge in [0.2, 0.25) is 12.4 Å². The molecule has 2 aromatic carbocycles. The molecule has 43 heavy (non-hydrogen) atoms. The SMILES string of the molecule is CC(=O)O[C@H]1[C@H](OC(C)=O)[C@H](Oc2cc3c(c4ccccc24)[C@H]([C@@H](C)Cl)CN3C(=O)OC(C)(C)C)O[C@@H](C)[C@H]1OC(C)=O. The van der Waals surface area contributed by atoms with Crippen LogP contribution in [0.3, 0.4) is 0 Å². The molecule has 11 nitrogen and oxygen atoms in total. The van der Waals surface area contributed by atoms with Crippen molar-refractivity contribution in [2.75, 3.05) is 11.4 Å². The van der Waals surface area contributed by atoms with Gasteiger partial charge < -0.3 is 28.4 Å². The number of carbonyl (C=O) groups is 4. The minimum atomic E-state index is -1.30. The third kappa shape index (κ3) is 7.15. The van der Waals surface area contributed by atoms with Crippen LogP contribution >= 0.6 is 11.6 Å². The van der Waals surface area contributed by atoms with Crippen LogP contribution in [-0.2, 0) is 38.1 Å². The highest BCUT2D eigenvalue weighted by molar-refractivity contribution is 6.21. The number of rotatable bonds is 6. The second-order valence-corrected chi connectivity index (χ2v) is 12.5. The van der Waals surface area contributed by atoms with Gasteiger partial charge in [-0.05, 0) is 45.6 Å². The largest absolute Gasteiger partial charge is 0.460 e. The molecule has 234 valence electrons. The Balaban J connectivity index is 1.83. The van der Waals surface area contributed by atoms with Crippen molar-refractivity contribution in [3.8, 4) is 5.75 Å². The maximum absolute atomic E-state index is 13.4. The van der Waals surface area contributed by atoms with Gasteiger partial charge >= 0.3 is 24.0 Å². The van der Waals surface area contributed by atoms with E-state index in [1.54, 1.807) is 33.8 Å². The van der Waals surface area contributed by atoms with Crippen LogP contribution in [-0.4, -0.2) is 72.2 Å². The van der Waals surface area contributed by atoms with E-state index in [2.05, 4.69) is 0 Å². The van der Waals surface area contributed by atoms with Gasteiger partial charge in [-0.25, -0.2) is 4.79 Å². The zero-order valence-corrected chi connectivity index (χ0v) is 26.3. The summed E-state index contributed by atoms with van der Waals surface area (Å²) in [5, 5.41) is 1.19. The summed E-state index contributed by atoms with van der Waals surface area (Å²) in [6.45, 7) is 12.8. The highest BCUT2D eigenvalue weighted by Gasteiger charge is 2.52. The van der Waals surface area contributed by atoms with Crippen LogP contribution < -0.4 is 9.64 Å². The lowest BCUT2D eigenvalue weighted by atomic mass is 9.92. The summed E-state index contributed by atoms with van der Waals surface area (Å²) < 4.78 is 34.7. The summed E-state index contributed by atoms with van der Waals surface area (Å²) in [4.78, 5) is 51.1. The number of ether oxygens (including phenoxy) is 6. The number of amides is 1. The Morgan fingerprint density at radius 3 is 2.05 bits per heavy atom. The number of esters is 3. The van der Waals surface area contributed by atoms with Gasteiger partial charge in [-0.3, -0.25) is 19.3 Å². The summed E-state index contributed by atoms with van der Waals surface area (Å²) in [5.74, 6) is -1.88. The Morgan fingerprint density at radius 2 is 1.49 bits per heavy atom. The van der Waals surface area contributed by atoms with E-state index in [0.717, 1.165) is 10.9 Å². The monoisotopic (exact) mass is 619 g/mol. The molecule has 0 aromatic heterocycles. The molecule has 2 aromatic rings. The van der Waals surface area contributed by atoms with E-state index in [1.165, 1.54) is 25.7 Å². The van der Waals surface area contributed by atoms with Crippen molar-refractivity contribution in [2.45, 2.75) is 103 Å². The average molecular weight is 620 g/mol. The van der Waals surface area contributed by atoms with E-state index in [4.69, 9.17) is 40.0 Å². The smallest absolute Gasteiger partial charge is 0.414 e. The van der Waals surface area contributed by atoms with Crippen molar-refractivity contribution < 1.29 is 47.6 Å². The summed E-state index contributed by atoms with van der Waals surface area (Å²) in [6.07, 6.45) is -6.22. The molecule has 1 fully saturated rings. The zero-order valence-electron chi connectivity index (χ0n) is 25.5. The lowest BCUT2D eigenvalue weighted by Gasteiger charge is -2.43. The number of hydrogen-bond acceptors (Lipinski definition) is 10. The third-order valence-electron chi connectivity index (χ3n) is 7.11. The quantitative estimate of drug-likeness (QED) is 0.241. The predicted octanol–water partition coefficient (Wildman–Crippen LogP) is 5.22. The number of halogens is 1. The van der Waals surface area contributed by atoms with Gasteiger partial charge in [0, 0.05) is 50.1 Å². The highest BCUT2D eigenvalue weighted by atomic mass is 35.5. The Hall–Kier alpha value is -3.57. The van der Waals surface area contributed by atoms with Crippen molar-refractivity contribution in [2.24, 2.45) is 0 Å². The normalized spacial score (nSPS) is 25.8. The molecule has 1 saturated heterocycles. The topological polar surface area (TPSA) is 127 Å². The number of benzene rings is 2. The predicted molar refractivity (Wildman–Crippen MR) is 157 cm³/mol. The minimum absolute atomic E-state index is 0.194. The molecule has 7 atom stereocenters. The first-order valence-corrected chi connectivity index (χ1v) is 14.5. The molecule has 0 saturated carbocycles. The fourth-order valence-electron chi connectivity index (χ4n) is 5.50. The van der Waals surface area contributed by atoms with Crippen LogP contribution in [0, 0.1) is 0 Å². The molecule has 0 aliphatic carbocycles. The third-order valence-corrected chi connectivity index (χ3v) is 7.42. The first-order chi connectivity index (χ1) is 20.1. The number of alkyl halides is 1. The van der Waals surface area contributed by atoms with E-state index in [1.807, 2.05) is 31.2 Å². The van der Waals surface area contributed by atoms with Gasteiger partial charge in [0.05, 0.1) is 11.8 Å². The second-order valence-electron chi connectivity index (χ2n) is 11.8. The summed E-state index contributed by atoms with van der Waals surface area (Å²) in [7, 11) is 0. The van der Waals surface area contributed by atoms with Crippen LogP contribution in [0.15, 0.2) is 30.3 Å². The van der Waals surface area contributed by atoms with Gasteiger partial charge in [0.25, 0.3) is 0 Å². The standard InChI is InChI=1S/C31H38ClNO10/c1-15(32)22-14-33(30(37)43-31(6,7)8)23-13-24(20-11-9-10-12-21(20)25(22)23)42-29-28(41-19(5)36)27(40-18(4)35)26(16(2)38-29)39-17(3)34/h9-13,15-16,22,26-29H,14H2,1-8H3/t15-,16+,22+,26-,27-,28+,29+/m1/s1. The first kappa shape index (κ1) is 32.3. The first-order valence-electron chi connectivity index (χ1n) is 14.1.